The Kier molecular flexibility index (Phi) is 6.21. The monoisotopic (exact) mass is 197 g/mol. The normalized spacial score (nSPS) is 11.4. The van der Waals surface area contributed by atoms with Crippen molar-refractivity contribution in [3.8, 4) is 12.3 Å². The zero-order valence-electron chi connectivity index (χ0n) is 8.25. The minimum absolute atomic E-state index is 0.000165. The van der Waals surface area contributed by atoms with Crippen molar-refractivity contribution < 1.29 is 14.7 Å². The summed E-state index contributed by atoms with van der Waals surface area (Å²) in [4.78, 5) is 21.5. The van der Waals surface area contributed by atoms with Gasteiger partial charge in [-0.25, -0.2) is 0 Å². The quantitative estimate of drug-likeness (QED) is 0.618. The third kappa shape index (κ3) is 6.06. The molecule has 0 rings (SSSR count). The van der Waals surface area contributed by atoms with E-state index in [1.165, 1.54) is 0 Å². The predicted octanol–water partition coefficient (Wildman–Crippen LogP) is 0.769. The number of carboxylic acids is 1. The molecule has 1 amide bonds. The third-order valence-electron chi connectivity index (χ3n) is 1.69. The highest BCUT2D eigenvalue weighted by Crippen LogP contribution is 2.02. The van der Waals surface area contributed by atoms with Crippen molar-refractivity contribution in [3.05, 3.63) is 0 Å². The molecule has 1 atom stereocenters. The second-order valence-corrected chi connectivity index (χ2v) is 3.03. The Morgan fingerprint density at radius 3 is 2.64 bits per heavy atom. The van der Waals surface area contributed by atoms with Crippen molar-refractivity contribution in [1.82, 2.24) is 5.32 Å². The highest BCUT2D eigenvalue weighted by atomic mass is 16.4. The van der Waals surface area contributed by atoms with E-state index >= 15 is 0 Å². The molecule has 0 spiro atoms. The van der Waals surface area contributed by atoms with Gasteiger partial charge in [0, 0.05) is 6.04 Å². The lowest BCUT2D eigenvalue weighted by Crippen LogP contribution is -2.36. The number of aliphatic carboxylic acids is 1. The van der Waals surface area contributed by atoms with E-state index < -0.39 is 5.97 Å². The van der Waals surface area contributed by atoms with Crippen LogP contribution >= 0.6 is 0 Å². The molecule has 0 aromatic carbocycles. The first-order chi connectivity index (χ1) is 6.60. The van der Waals surface area contributed by atoms with Crippen LogP contribution in [-0.2, 0) is 9.59 Å². The second-order valence-electron chi connectivity index (χ2n) is 3.03. The third-order valence-corrected chi connectivity index (χ3v) is 1.69. The van der Waals surface area contributed by atoms with Gasteiger partial charge in [0.05, 0.1) is 12.8 Å². The molecule has 0 aromatic rings. The molecule has 0 fully saturated rings. The Bertz CT molecular complexity index is 242. The van der Waals surface area contributed by atoms with Crippen LogP contribution in [0.25, 0.3) is 0 Å². The van der Waals surface area contributed by atoms with E-state index in [1.807, 2.05) is 6.92 Å². The Balaban J connectivity index is 4.02. The summed E-state index contributed by atoms with van der Waals surface area (Å²) in [5.74, 6) is 1.01. The number of carboxylic acid groups (broad SMARTS) is 1. The topological polar surface area (TPSA) is 66.4 Å². The number of carbonyl (C=O) groups excluding carboxylic acids is 1. The molecule has 2 N–H and O–H groups in total. The molecule has 78 valence electrons. The van der Waals surface area contributed by atoms with Crippen LogP contribution in [0.4, 0.5) is 0 Å². The van der Waals surface area contributed by atoms with Crippen LogP contribution in [0, 0.1) is 12.3 Å². The highest BCUT2D eigenvalue weighted by molar-refractivity contribution is 5.79. The van der Waals surface area contributed by atoms with Crippen LogP contribution in [-0.4, -0.2) is 23.0 Å². The first-order valence-electron chi connectivity index (χ1n) is 4.54. The summed E-state index contributed by atoms with van der Waals surface area (Å²) in [6, 6.07) is -0.307. The zero-order chi connectivity index (χ0) is 11.0. The molecule has 4 nitrogen and oxygen atoms in total. The van der Waals surface area contributed by atoms with E-state index in [9.17, 15) is 9.59 Å². The number of terminal acetylenes is 1. The summed E-state index contributed by atoms with van der Waals surface area (Å²) in [6.45, 7) is 1.93. The Labute approximate surface area is 83.7 Å². The first kappa shape index (κ1) is 12.5. The molecule has 0 aromatic heterocycles. The molecule has 0 saturated carbocycles. The van der Waals surface area contributed by atoms with Crippen molar-refractivity contribution in [3.63, 3.8) is 0 Å². The lowest BCUT2D eigenvalue weighted by molar-refractivity contribution is -0.137. The number of carbonyl (C=O) groups is 2. The standard InChI is InChI=1S/C10H15NO3/c1-3-5-8(7-10(13)14)11-9(12)6-4-2/h2,8H,3,5-7H2,1H3,(H,11,12)(H,13,14). The summed E-state index contributed by atoms with van der Waals surface area (Å²) in [6.07, 6.45) is 6.38. The summed E-state index contributed by atoms with van der Waals surface area (Å²) < 4.78 is 0. The molecular formula is C10H15NO3. The average molecular weight is 197 g/mol. The molecule has 0 heterocycles. The molecule has 0 bridgehead atoms. The smallest absolute Gasteiger partial charge is 0.305 e. The molecule has 0 aliphatic carbocycles. The Morgan fingerprint density at radius 1 is 1.57 bits per heavy atom. The van der Waals surface area contributed by atoms with Gasteiger partial charge in [-0.3, -0.25) is 9.59 Å². The van der Waals surface area contributed by atoms with Gasteiger partial charge in [-0.15, -0.1) is 6.42 Å². The number of hydrogen-bond donors (Lipinski definition) is 2. The molecule has 0 aliphatic rings. The Morgan fingerprint density at radius 2 is 2.21 bits per heavy atom. The number of rotatable bonds is 6. The average Bonchev–Trinajstić information content (AvgIpc) is 2.03. The fourth-order valence-corrected chi connectivity index (χ4v) is 1.16. The molecule has 0 saturated heterocycles. The molecule has 1 unspecified atom stereocenters. The van der Waals surface area contributed by atoms with Crippen LogP contribution in [0.5, 0.6) is 0 Å². The van der Waals surface area contributed by atoms with Gasteiger partial charge in [-0.05, 0) is 6.42 Å². The van der Waals surface area contributed by atoms with Gasteiger partial charge in [0.15, 0.2) is 0 Å². The van der Waals surface area contributed by atoms with E-state index in [-0.39, 0.29) is 24.8 Å². The molecular weight excluding hydrogens is 182 g/mol. The van der Waals surface area contributed by atoms with Gasteiger partial charge < -0.3 is 10.4 Å². The van der Waals surface area contributed by atoms with Gasteiger partial charge >= 0.3 is 5.97 Å². The van der Waals surface area contributed by atoms with Crippen LogP contribution < -0.4 is 5.32 Å². The van der Waals surface area contributed by atoms with Crippen molar-refractivity contribution >= 4 is 11.9 Å². The highest BCUT2D eigenvalue weighted by Gasteiger charge is 2.14. The van der Waals surface area contributed by atoms with E-state index in [2.05, 4.69) is 11.2 Å². The van der Waals surface area contributed by atoms with Crippen molar-refractivity contribution in [2.24, 2.45) is 0 Å². The number of amides is 1. The van der Waals surface area contributed by atoms with Gasteiger partial charge in [-0.2, -0.15) is 0 Å². The largest absolute Gasteiger partial charge is 0.481 e. The van der Waals surface area contributed by atoms with Crippen LogP contribution in [0.1, 0.15) is 32.6 Å². The van der Waals surface area contributed by atoms with E-state index in [4.69, 9.17) is 11.5 Å². The molecule has 0 radical (unpaired) electrons. The zero-order valence-corrected chi connectivity index (χ0v) is 8.25. The minimum Gasteiger partial charge on any atom is -0.481 e. The van der Waals surface area contributed by atoms with E-state index in [1.54, 1.807) is 0 Å². The van der Waals surface area contributed by atoms with Crippen LogP contribution in [0.3, 0.4) is 0 Å². The summed E-state index contributed by atoms with van der Waals surface area (Å²) in [7, 11) is 0. The maximum absolute atomic E-state index is 11.1. The van der Waals surface area contributed by atoms with Gasteiger partial charge in [0.2, 0.25) is 5.91 Å². The SMILES string of the molecule is C#CCC(=O)NC(CCC)CC(=O)O. The van der Waals surface area contributed by atoms with Crippen molar-refractivity contribution in [2.45, 2.75) is 38.6 Å². The summed E-state index contributed by atoms with van der Waals surface area (Å²) in [5.41, 5.74) is 0. The summed E-state index contributed by atoms with van der Waals surface area (Å²) in [5, 5.41) is 11.1. The van der Waals surface area contributed by atoms with Crippen LogP contribution in [0.2, 0.25) is 0 Å². The lowest BCUT2D eigenvalue weighted by Gasteiger charge is -2.14. The lowest BCUT2D eigenvalue weighted by atomic mass is 10.1. The fourth-order valence-electron chi connectivity index (χ4n) is 1.16. The predicted molar refractivity (Wildman–Crippen MR) is 52.5 cm³/mol. The molecule has 4 heteroatoms. The van der Waals surface area contributed by atoms with E-state index in [0.29, 0.717) is 6.42 Å². The maximum atomic E-state index is 11.1. The van der Waals surface area contributed by atoms with E-state index in [0.717, 1.165) is 6.42 Å². The van der Waals surface area contributed by atoms with Crippen LogP contribution in [0.15, 0.2) is 0 Å². The molecule has 14 heavy (non-hydrogen) atoms. The van der Waals surface area contributed by atoms with Gasteiger partial charge in [-0.1, -0.05) is 19.3 Å². The summed E-state index contributed by atoms with van der Waals surface area (Å²) >= 11 is 0. The van der Waals surface area contributed by atoms with Gasteiger partial charge in [0.1, 0.15) is 0 Å². The second kappa shape index (κ2) is 6.96. The van der Waals surface area contributed by atoms with Gasteiger partial charge in [0.25, 0.3) is 0 Å². The number of hydrogen-bond acceptors (Lipinski definition) is 2. The first-order valence-corrected chi connectivity index (χ1v) is 4.54. The minimum atomic E-state index is -0.913. The number of nitrogens with one attached hydrogen (secondary N) is 1. The van der Waals surface area contributed by atoms with Crippen molar-refractivity contribution in [2.75, 3.05) is 0 Å². The van der Waals surface area contributed by atoms with Crippen molar-refractivity contribution in [1.29, 1.82) is 0 Å². The maximum Gasteiger partial charge on any atom is 0.305 e. The molecule has 0 aliphatic heterocycles. The Hall–Kier alpha value is -1.50. The fraction of sp³-hybridized carbons (Fsp3) is 0.600.